The number of hydrogen-bond donors (Lipinski definition) is 1. The standard InChI is InChI=1S/C17H13F3N4OS/c1-24-16(13-4-2-3-5-14(13)20)22-23-17(24)26-9-15(25)21-12-7-10(18)6-11(19)8-12/h2-8H,9H2,1H3,(H,21,25). The number of aromatic nitrogens is 3. The van der Waals surface area contributed by atoms with Crippen LogP contribution in [0.1, 0.15) is 0 Å². The summed E-state index contributed by atoms with van der Waals surface area (Å²) in [5.74, 6) is -2.17. The highest BCUT2D eigenvalue weighted by Gasteiger charge is 2.15. The minimum Gasteiger partial charge on any atom is -0.325 e. The van der Waals surface area contributed by atoms with Crippen molar-refractivity contribution in [1.82, 2.24) is 14.8 Å². The summed E-state index contributed by atoms with van der Waals surface area (Å²) in [5, 5.41) is 10.7. The van der Waals surface area contributed by atoms with E-state index in [1.54, 1.807) is 29.8 Å². The molecule has 0 atom stereocenters. The van der Waals surface area contributed by atoms with Gasteiger partial charge in [0, 0.05) is 18.8 Å². The van der Waals surface area contributed by atoms with Crippen LogP contribution in [-0.2, 0) is 11.8 Å². The number of anilines is 1. The third-order valence-corrected chi connectivity index (χ3v) is 4.45. The molecule has 1 aromatic heterocycles. The number of nitrogens with zero attached hydrogens (tertiary/aromatic N) is 3. The molecule has 0 radical (unpaired) electrons. The molecule has 2 aromatic carbocycles. The van der Waals surface area contributed by atoms with E-state index in [1.165, 1.54) is 6.07 Å². The zero-order valence-electron chi connectivity index (χ0n) is 13.5. The third kappa shape index (κ3) is 4.05. The molecule has 3 aromatic rings. The molecule has 5 nitrogen and oxygen atoms in total. The number of hydrogen-bond acceptors (Lipinski definition) is 4. The topological polar surface area (TPSA) is 59.8 Å². The first-order valence-corrected chi connectivity index (χ1v) is 8.45. The Morgan fingerprint density at radius 2 is 1.81 bits per heavy atom. The molecule has 0 aliphatic heterocycles. The Kier molecular flexibility index (Phi) is 5.27. The molecule has 0 spiro atoms. The molecule has 0 fully saturated rings. The second kappa shape index (κ2) is 7.61. The summed E-state index contributed by atoms with van der Waals surface area (Å²) in [6.07, 6.45) is 0. The van der Waals surface area contributed by atoms with E-state index in [0.717, 1.165) is 23.9 Å². The van der Waals surface area contributed by atoms with Gasteiger partial charge in [0.15, 0.2) is 11.0 Å². The van der Waals surface area contributed by atoms with E-state index in [4.69, 9.17) is 0 Å². The van der Waals surface area contributed by atoms with Crippen LogP contribution in [0.2, 0.25) is 0 Å². The summed E-state index contributed by atoms with van der Waals surface area (Å²) >= 11 is 1.07. The Morgan fingerprint density at radius 3 is 2.50 bits per heavy atom. The van der Waals surface area contributed by atoms with E-state index in [9.17, 15) is 18.0 Å². The van der Waals surface area contributed by atoms with Crippen LogP contribution in [0, 0.1) is 17.5 Å². The summed E-state index contributed by atoms with van der Waals surface area (Å²) in [4.78, 5) is 12.0. The van der Waals surface area contributed by atoms with Crippen LogP contribution in [0.4, 0.5) is 18.9 Å². The predicted molar refractivity (Wildman–Crippen MR) is 92.1 cm³/mol. The van der Waals surface area contributed by atoms with Gasteiger partial charge in [-0.25, -0.2) is 13.2 Å². The van der Waals surface area contributed by atoms with Crippen molar-refractivity contribution in [2.24, 2.45) is 7.05 Å². The molecule has 0 aliphatic carbocycles. The normalized spacial score (nSPS) is 10.8. The largest absolute Gasteiger partial charge is 0.325 e. The molecule has 0 saturated heterocycles. The highest BCUT2D eigenvalue weighted by atomic mass is 32.2. The summed E-state index contributed by atoms with van der Waals surface area (Å²) in [7, 11) is 1.66. The molecule has 9 heteroatoms. The molecule has 1 N–H and O–H groups in total. The zero-order chi connectivity index (χ0) is 18.7. The van der Waals surface area contributed by atoms with Gasteiger partial charge in [0.25, 0.3) is 0 Å². The minimum absolute atomic E-state index is 0.0260. The number of amides is 1. The van der Waals surface area contributed by atoms with Crippen LogP contribution in [-0.4, -0.2) is 26.4 Å². The molecule has 26 heavy (non-hydrogen) atoms. The molecule has 134 valence electrons. The maximum Gasteiger partial charge on any atom is 0.234 e. The van der Waals surface area contributed by atoms with Crippen LogP contribution < -0.4 is 5.32 Å². The first kappa shape index (κ1) is 18.0. The minimum atomic E-state index is -0.782. The van der Waals surface area contributed by atoms with Gasteiger partial charge in [0.1, 0.15) is 17.5 Å². The van der Waals surface area contributed by atoms with Crippen molar-refractivity contribution in [3.63, 3.8) is 0 Å². The van der Waals surface area contributed by atoms with Crippen molar-refractivity contribution in [2.75, 3.05) is 11.1 Å². The molecule has 0 unspecified atom stereocenters. The molecule has 0 bridgehead atoms. The Balaban J connectivity index is 1.67. The van der Waals surface area contributed by atoms with E-state index in [2.05, 4.69) is 15.5 Å². The predicted octanol–water partition coefficient (Wildman–Crippen LogP) is 3.63. The number of benzene rings is 2. The first-order valence-electron chi connectivity index (χ1n) is 7.47. The fraction of sp³-hybridized carbons (Fsp3) is 0.118. The van der Waals surface area contributed by atoms with E-state index in [-0.39, 0.29) is 11.4 Å². The van der Waals surface area contributed by atoms with E-state index in [1.807, 2.05) is 0 Å². The average Bonchev–Trinajstić information content (AvgIpc) is 2.93. The number of halogens is 3. The number of rotatable bonds is 5. The van der Waals surface area contributed by atoms with Crippen LogP contribution in [0.3, 0.4) is 0 Å². The van der Waals surface area contributed by atoms with Gasteiger partial charge in [-0.3, -0.25) is 4.79 Å². The molecular formula is C17H13F3N4OS. The van der Waals surface area contributed by atoms with Gasteiger partial charge in [-0.15, -0.1) is 10.2 Å². The Morgan fingerprint density at radius 1 is 1.12 bits per heavy atom. The van der Waals surface area contributed by atoms with Crippen molar-refractivity contribution in [1.29, 1.82) is 0 Å². The molecule has 1 heterocycles. The Hall–Kier alpha value is -2.81. The molecule has 1 amide bonds. The molecule has 3 rings (SSSR count). The van der Waals surface area contributed by atoms with Crippen LogP contribution in [0.25, 0.3) is 11.4 Å². The highest BCUT2D eigenvalue weighted by molar-refractivity contribution is 7.99. The van der Waals surface area contributed by atoms with Crippen molar-refractivity contribution >= 4 is 23.4 Å². The van der Waals surface area contributed by atoms with Gasteiger partial charge >= 0.3 is 0 Å². The first-order chi connectivity index (χ1) is 12.4. The summed E-state index contributed by atoms with van der Waals surface area (Å²) in [6, 6.07) is 8.92. The number of thioether (sulfide) groups is 1. The van der Waals surface area contributed by atoms with Crippen LogP contribution >= 0.6 is 11.8 Å². The lowest BCUT2D eigenvalue weighted by Gasteiger charge is -2.06. The quantitative estimate of drug-likeness (QED) is 0.689. The van der Waals surface area contributed by atoms with Gasteiger partial charge in [0.05, 0.1) is 11.3 Å². The van der Waals surface area contributed by atoms with Crippen molar-refractivity contribution in [3.05, 3.63) is 59.9 Å². The lowest BCUT2D eigenvalue weighted by molar-refractivity contribution is -0.113. The summed E-state index contributed by atoms with van der Waals surface area (Å²) in [6.45, 7) is 0. The average molecular weight is 378 g/mol. The highest BCUT2D eigenvalue weighted by Crippen LogP contribution is 2.24. The number of carbonyl (C=O) groups is 1. The van der Waals surface area contributed by atoms with Gasteiger partial charge in [-0.05, 0) is 24.3 Å². The lowest BCUT2D eigenvalue weighted by Crippen LogP contribution is -2.14. The maximum atomic E-state index is 13.9. The monoisotopic (exact) mass is 378 g/mol. The lowest BCUT2D eigenvalue weighted by atomic mass is 10.2. The van der Waals surface area contributed by atoms with E-state index < -0.39 is 23.4 Å². The Bertz CT molecular complexity index is 941. The number of nitrogens with one attached hydrogen (secondary N) is 1. The second-order valence-electron chi connectivity index (χ2n) is 5.34. The number of carbonyl (C=O) groups excluding carboxylic acids is 1. The van der Waals surface area contributed by atoms with Crippen LogP contribution in [0.5, 0.6) is 0 Å². The van der Waals surface area contributed by atoms with Crippen molar-refractivity contribution < 1.29 is 18.0 Å². The fourth-order valence-electron chi connectivity index (χ4n) is 2.27. The SMILES string of the molecule is Cn1c(SCC(=O)Nc2cc(F)cc(F)c2)nnc1-c1ccccc1F. The van der Waals surface area contributed by atoms with E-state index in [0.29, 0.717) is 22.6 Å². The van der Waals surface area contributed by atoms with Gasteiger partial charge in [-0.2, -0.15) is 0 Å². The fourth-order valence-corrected chi connectivity index (χ4v) is 2.98. The van der Waals surface area contributed by atoms with Crippen molar-refractivity contribution in [3.8, 4) is 11.4 Å². The molecule has 0 saturated carbocycles. The summed E-state index contributed by atoms with van der Waals surface area (Å²) in [5.41, 5.74) is 0.326. The van der Waals surface area contributed by atoms with Crippen molar-refractivity contribution in [2.45, 2.75) is 5.16 Å². The smallest absolute Gasteiger partial charge is 0.234 e. The third-order valence-electron chi connectivity index (χ3n) is 3.43. The summed E-state index contributed by atoms with van der Waals surface area (Å²) < 4.78 is 41.7. The molecule has 0 aliphatic rings. The van der Waals surface area contributed by atoms with Gasteiger partial charge in [0.2, 0.25) is 5.91 Å². The van der Waals surface area contributed by atoms with Gasteiger partial charge < -0.3 is 9.88 Å². The zero-order valence-corrected chi connectivity index (χ0v) is 14.4. The van der Waals surface area contributed by atoms with Crippen LogP contribution in [0.15, 0.2) is 47.6 Å². The van der Waals surface area contributed by atoms with E-state index >= 15 is 0 Å². The molecular weight excluding hydrogens is 365 g/mol. The maximum absolute atomic E-state index is 13.9. The second-order valence-corrected chi connectivity index (χ2v) is 6.28. The Labute approximate surface area is 151 Å². The van der Waals surface area contributed by atoms with Gasteiger partial charge in [-0.1, -0.05) is 23.9 Å².